The van der Waals surface area contributed by atoms with E-state index in [9.17, 15) is 9.59 Å². The van der Waals surface area contributed by atoms with Crippen LogP contribution in [0.1, 0.15) is 40.4 Å². The van der Waals surface area contributed by atoms with Gasteiger partial charge in [-0.1, -0.05) is 11.6 Å². The highest BCUT2D eigenvalue weighted by Crippen LogP contribution is 2.23. The Morgan fingerprint density at radius 2 is 1.74 bits per heavy atom. The van der Waals surface area contributed by atoms with Crippen LogP contribution < -0.4 is 10.5 Å². The molecule has 1 amide bonds. The second kappa shape index (κ2) is 8.98. The monoisotopic (exact) mass is 471 g/mol. The first kappa shape index (κ1) is 22.8. The summed E-state index contributed by atoms with van der Waals surface area (Å²) in [6, 6.07) is 9.59. The highest BCUT2D eigenvalue weighted by atomic mass is 16.2. The molecule has 2 aromatic heterocycles. The number of carbonyl (C=O) groups excluding carboxylic acids is 1. The van der Waals surface area contributed by atoms with E-state index >= 15 is 0 Å². The van der Waals surface area contributed by atoms with Crippen molar-refractivity contribution in [3.63, 3.8) is 0 Å². The van der Waals surface area contributed by atoms with Gasteiger partial charge < -0.3 is 9.80 Å². The Hall–Kier alpha value is -4.01. The third-order valence-electron chi connectivity index (χ3n) is 6.85. The molecular weight excluding hydrogens is 442 g/mol. The number of hydrogen-bond acceptors (Lipinski definition) is 6. The molecule has 35 heavy (non-hydrogen) atoms. The number of H-pyrrole nitrogens is 1. The summed E-state index contributed by atoms with van der Waals surface area (Å²) < 4.78 is 0. The molecule has 180 valence electrons. The van der Waals surface area contributed by atoms with Gasteiger partial charge in [0.15, 0.2) is 0 Å². The van der Waals surface area contributed by atoms with Crippen LogP contribution in [-0.2, 0) is 0 Å². The Balaban J connectivity index is 1.43. The molecule has 1 N–H and O–H groups in total. The lowest BCUT2D eigenvalue weighted by molar-refractivity contribution is 0.0704. The Bertz CT molecular complexity index is 1460. The van der Waals surface area contributed by atoms with Crippen molar-refractivity contribution in [3.8, 4) is 5.69 Å². The molecule has 9 heteroatoms. The fraction of sp³-hybridized carbons (Fsp3) is 0.346. The molecule has 2 aromatic carbocycles. The third-order valence-corrected chi connectivity index (χ3v) is 6.85. The number of anilines is 1. The predicted octanol–water partition coefficient (Wildman–Crippen LogP) is 3.17. The predicted molar refractivity (Wildman–Crippen MR) is 135 cm³/mol. The zero-order valence-electron chi connectivity index (χ0n) is 20.4. The van der Waals surface area contributed by atoms with E-state index in [4.69, 9.17) is 4.98 Å². The maximum atomic E-state index is 13.7. The number of hydrogen-bond donors (Lipinski definition) is 1. The average molecular weight is 472 g/mol. The second-order valence-electron chi connectivity index (χ2n) is 9.31. The maximum absolute atomic E-state index is 13.7. The first-order chi connectivity index (χ1) is 16.8. The SMILES string of the molecule is Cc1ccc(-n2nccn2)c(C(=O)N2CCN(c3nc4cc(C)c(C)cc4c(=O)[nH]3)CCC2C)c1. The molecule has 1 atom stereocenters. The Kier molecular flexibility index (Phi) is 5.84. The zero-order valence-corrected chi connectivity index (χ0v) is 20.4. The molecule has 5 rings (SSSR count). The standard InChI is InChI=1S/C26H29N7O2/c1-16-5-6-23(33-27-8-9-28-33)21(13-16)25(35)32-12-11-31(10-7-19(32)4)26-29-22-15-18(3)17(2)14-20(22)24(34)30-26/h5-6,8-9,13-15,19H,7,10-12H2,1-4H3,(H,29,30,34). The summed E-state index contributed by atoms with van der Waals surface area (Å²) >= 11 is 0. The van der Waals surface area contributed by atoms with Crippen LogP contribution in [0.3, 0.4) is 0 Å². The Morgan fingerprint density at radius 1 is 1.00 bits per heavy atom. The van der Waals surface area contributed by atoms with Gasteiger partial charge in [-0.2, -0.15) is 15.0 Å². The normalized spacial score (nSPS) is 16.5. The number of rotatable bonds is 3. The van der Waals surface area contributed by atoms with Gasteiger partial charge in [0, 0.05) is 25.7 Å². The summed E-state index contributed by atoms with van der Waals surface area (Å²) in [4.78, 5) is 39.7. The number of carbonyl (C=O) groups is 1. The van der Waals surface area contributed by atoms with Gasteiger partial charge in [-0.15, -0.1) is 0 Å². The molecule has 0 saturated carbocycles. The van der Waals surface area contributed by atoms with Crippen LogP contribution in [0.2, 0.25) is 0 Å². The van der Waals surface area contributed by atoms with Crippen LogP contribution in [0.25, 0.3) is 16.6 Å². The molecule has 1 unspecified atom stereocenters. The minimum atomic E-state index is -0.144. The van der Waals surface area contributed by atoms with E-state index in [1.807, 2.05) is 56.0 Å². The van der Waals surface area contributed by atoms with Crippen LogP contribution in [0.4, 0.5) is 5.95 Å². The molecule has 1 saturated heterocycles. The summed E-state index contributed by atoms with van der Waals surface area (Å²) in [5, 5.41) is 9.04. The number of aromatic nitrogens is 5. The van der Waals surface area contributed by atoms with Crippen LogP contribution in [0, 0.1) is 20.8 Å². The van der Waals surface area contributed by atoms with Gasteiger partial charge in [-0.3, -0.25) is 14.6 Å². The molecule has 1 fully saturated rings. The Morgan fingerprint density at radius 3 is 2.51 bits per heavy atom. The summed E-state index contributed by atoms with van der Waals surface area (Å²) in [6.45, 7) is 9.80. The Labute approximate surface area is 203 Å². The minimum absolute atomic E-state index is 0.0171. The first-order valence-corrected chi connectivity index (χ1v) is 11.9. The molecule has 4 aromatic rings. The number of benzene rings is 2. The number of nitrogens with one attached hydrogen (secondary N) is 1. The van der Waals surface area contributed by atoms with E-state index in [1.54, 1.807) is 12.4 Å². The fourth-order valence-electron chi connectivity index (χ4n) is 4.60. The van der Waals surface area contributed by atoms with Gasteiger partial charge >= 0.3 is 0 Å². The van der Waals surface area contributed by atoms with Gasteiger partial charge in [0.25, 0.3) is 11.5 Å². The van der Waals surface area contributed by atoms with Crippen molar-refractivity contribution in [2.24, 2.45) is 0 Å². The molecule has 3 heterocycles. The quantitative estimate of drug-likeness (QED) is 0.493. The summed E-state index contributed by atoms with van der Waals surface area (Å²) in [6.07, 6.45) is 3.95. The minimum Gasteiger partial charge on any atom is -0.340 e. The number of aromatic amines is 1. The van der Waals surface area contributed by atoms with E-state index in [-0.39, 0.29) is 17.5 Å². The molecule has 1 aliphatic heterocycles. The van der Waals surface area contributed by atoms with E-state index in [1.165, 1.54) is 4.80 Å². The molecular formula is C26H29N7O2. The molecule has 0 aliphatic carbocycles. The summed E-state index contributed by atoms with van der Waals surface area (Å²) in [5.41, 5.74) is 4.94. The van der Waals surface area contributed by atoms with Gasteiger partial charge in [0.1, 0.15) is 0 Å². The molecule has 9 nitrogen and oxygen atoms in total. The number of aryl methyl sites for hydroxylation is 3. The van der Waals surface area contributed by atoms with Crippen LogP contribution >= 0.6 is 0 Å². The fourth-order valence-corrected chi connectivity index (χ4v) is 4.60. The van der Waals surface area contributed by atoms with Gasteiger partial charge in [-0.25, -0.2) is 4.98 Å². The highest BCUT2D eigenvalue weighted by molar-refractivity contribution is 5.98. The van der Waals surface area contributed by atoms with Crippen molar-refractivity contribution in [1.82, 2.24) is 29.9 Å². The summed E-state index contributed by atoms with van der Waals surface area (Å²) in [7, 11) is 0. The number of amides is 1. The lowest BCUT2D eigenvalue weighted by Crippen LogP contribution is -2.40. The third kappa shape index (κ3) is 4.29. The first-order valence-electron chi connectivity index (χ1n) is 11.9. The maximum Gasteiger partial charge on any atom is 0.260 e. The zero-order chi connectivity index (χ0) is 24.7. The molecule has 0 radical (unpaired) electrons. The van der Waals surface area contributed by atoms with Crippen LogP contribution in [0.15, 0.2) is 47.5 Å². The number of nitrogens with zero attached hydrogens (tertiary/aromatic N) is 6. The molecule has 0 spiro atoms. The summed E-state index contributed by atoms with van der Waals surface area (Å²) in [5.74, 6) is 0.491. The smallest absolute Gasteiger partial charge is 0.260 e. The van der Waals surface area contributed by atoms with Crippen molar-refractivity contribution in [2.45, 2.75) is 40.2 Å². The van der Waals surface area contributed by atoms with Crippen molar-refractivity contribution < 1.29 is 4.79 Å². The van der Waals surface area contributed by atoms with Crippen molar-refractivity contribution in [3.05, 3.63) is 75.3 Å². The van der Waals surface area contributed by atoms with Crippen LogP contribution in [0.5, 0.6) is 0 Å². The lowest BCUT2D eigenvalue weighted by Gasteiger charge is -2.27. The van der Waals surface area contributed by atoms with Gasteiger partial charge in [-0.05, 0) is 69.5 Å². The molecule has 1 aliphatic rings. The molecule has 0 bridgehead atoms. The lowest BCUT2D eigenvalue weighted by atomic mass is 10.1. The van der Waals surface area contributed by atoms with Gasteiger partial charge in [0.2, 0.25) is 5.95 Å². The average Bonchev–Trinajstić information content (AvgIpc) is 3.29. The van der Waals surface area contributed by atoms with E-state index in [2.05, 4.69) is 27.0 Å². The van der Waals surface area contributed by atoms with Crippen LogP contribution in [-0.4, -0.2) is 61.4 Å². The largest absolute Gasteiger partial charge is 0.340 e. The van der Waals surface area contributed by atoms with Crippen molar-refractivity contribution in [1.29, 1.82) is 0 Å². The van der Waals surface area contributed by atoms with E-state index < -0.39 is 0 Å². The van der Waals surface area contributed by atoms with E-state index in [0.29, 0.717) is 47.7 Å². The van der Waals surface area contributed by atoms with Gasteiger partial charge in [0.05, 0.1) is 34.5 Å². The topological polar surface area (TPSA) is 100 Å². The second-order valence-corrected chi connectivity index (χ2v) is 9.31. The van der Waals surface area contributed by atoms with E-state index in [0.717, 1.165) is 23.1 Å². The number of fused-ring (bicyclic) bond motifs is 1. The van der Waals surface area contributed by atoms with Crippen molar-refractivity contribution in [2.75, 3.05) is 24.5 Å². The highest BCUT2D eigenvalue weighted by Gasteiger charge is 2.28. The van der Waals surface area contributed by atoms with Crippen molar-refractivity contribution >= 4 is 22.8 Å².